The van der Waals surface area contributed by atoms with Gasteiger partial charge in [-0.2, -0.15) is 5.10 Å². The summed E-state index contributed by atoms with van der Waals surface area (Å²) in [6.45, 7) is 0. The predicted molar refractivity (Wildman–Crippen MR) is 89.9 cm³/mol. The summed E-state index contributed by atoms with van der Waals surface area (Å²) in [6.07, 6.45) is 3.17. The highest BCUT2D eigenvalue weighted by molar-refractivity contribution is 5.82. The van der Waals surface area contributed by atoms with Crippen LogP contribution in [0.15, 0.2) is 53.6 Å². The third kappa shape index (κ3) is 5.53. The van der Waals surface area contributed by atoms with Crippen LogP contribution in [0.25, 0.3) is 0 Å². The second kappa shape index (κ2) is 8.42. The normalized spacial score (nSPS) is 10.7. The highest BCUT2D eigenvalue weighted by Crippen LogP contribution is 2.12. The van der Waals surface area contributed by atoms with E-state index < -0.39 is 4.92 Å². The SMILES string of the molecule is O=C(CCCc1ccc(O)cc1)N/N=C\c1ccc([N+](=O)[O-])cc1. The molecule has 0 fully saturated rings. The van der Waals surface area contributed by atoms with Gasteiger partial charge in [-0.05, 0) is 48.2 Å². The van der Waals surface area contributed by atoms with Crippen molar-refractivity contribution in [2.75, 3.05) is 0 Å². The Morgan fingerprint density at radius 2 is 1.83 bits per heavy atom. The van der Waals surface area contributed by atoms with Crippen molar-refractivity contribution in [3.8, 4) is 5.75 Å². The van der Waals surface area contributed by atoms with Gasteiger partial charge in [0.25, 0.3) is 5.69 Å². The second-order valence-electron chi connectivity index (χ2n) is 5.16. The molecule has 0 bridgehead atoms. The van der Waals surface area contributed by atoms with Gasteiger partial charge in [0.2, 0.25) is 5.91 Å². The number of aryl methyl sites for hydroxylation is 1. The molecule has 1 amide bonds. The van der Waals surface area contributed by atoms with Crippen LogP contribution in [0.2, 0.25) is 0 Å². The van der Waals surface area contributed by atoms with Gasteiger partial charge in [-0.15, -0.1) is 0 Å². The number of hydrogen-bond donors (Lipinski definition) is 2. The Morgan fingerprint density at radius 3 is 2.46 bits per heavy atom. The van der Waals surface area contributed by atoms with Crippen LogP contribution in [-0.2, 0) is 11.2 Å². The number of benzene rings is 2. The Labute approximate surface area is 138 Å². The number of aromatic hydroxyl groups is 1. The average molecular weight is 327 g/mol. The van der Waals surface area contributed by atoms with Crippen LogP contribution in [0.1, 0.15) is 24.0 Å². The van der Waals surface area contributed by atoms with Gasteiger partial charge in [-0.1, -0.05) is 12.1 Å². The Bertz CT molecular complexity index is 725. The van der Waals surface area contributed by atoms with Crippen molar-refractivity contribution in [3.63, 3.8) is 0 Å². The smallest absolute Gasteiger partial charge is 0.269 e. The minimum Gasteiger partial charge on any atom is -0.508 e. The number of hydrazone groups is 1. The number of nitrogens with one attached hydrogen (secondary N) is 1. The molecule has 2 aromatic carbocycles. The maximum Gasteiger partial charge on any atom is 0.269 e. The van der Waals surface area contributed by atoms with E-state index >= 15 is 0 Å². The van der Waals surface area contributed by atoms with E-state index in [1.54, 1.807) is 24.3 Å². The molecule has 7 nitrogen and oxygen atoms in total. The van der Waals surface area contributed by atoms with Gasteiger partial charge in [0, 0.05) is 18.6 Å². The number of rotatable bonds is 7. The van der Waals surface area contributed by atoms with E-state index in [1.807, 2.05) is 12.1 Å². The molecule has 0 unspecified atom stereocenters. The summed E-state index contributed by atoms with van der Waals surface area (Å²) in [4.78, 5) is 21.7. The fraction of sp³-hybridized carbons (Fsp3) is 0.176. The number of phenols is 1. The summed E-state index contributed by atoms with van der Waals surface area (Å²) >= 11 is 0. The maximum atomic E-state index is 11.7. The van der Waals surface area contributed by atoms with Crippen LogP contribution in [0, 0.1) is 10.1 Å². The first-order chi connectivity index (χ1) is 11.5. The average Bonchev–Trinajstić information content (AvgIpc) is 2.57. The number of carbonyl (C=O) groups excluding carboxylic acids is 1. The van der Waals surface area contributed by atoms with Crippen LogP contribution < -0.4 is 5.43 Å². The van der Waals surface area contributed by atoms with Crippen LogP contribution in [-0.4, -0.2) is 22.2 Å². The predicted octanol–water partition coefficient (Wildman–Crippen LogP) is 2.77. The molecule has 7 heteroatoms. The van der Waals surface area contributed by atoms with E-state index in [4.69, 9.17) is 0 Å². The Kier molecular flexibility index (Phi) is 6.01. The van der Waals surface area contributed by atoms with Crippen LogP contribution >= 0.6 is 0 Å². The lowest BCUT2D eigenvalue weighted by atomic mass is 10.1. The summed E-state index contributed by atoms with van der Waals surface area (Å²) in [5.74, 6) is 0.0176. The van der Waals surface area contributed by atoms with E-state index in [-0.39, 0.29) is 17.3 Å². The largest absolute Gasteiger partial charge is 0.508 e. The minimum atomic E-state index is -0.475. The molecular weight excluding hydrogens is 310 g/mol. The van der Waals surface area contributed by atoms with Gasteiger partial charge in [0.15, 0.2) is 0 Å². The van der Waals surface area contributed by atoms with Crippen molar-refractivity contribution in [1.82, 2.24) is 5.43 Å². The van der Waals surface area contributed by atoms with Crippen LogP contribution in [0.4, 0.5) is 5.69 Å². The molecule has 0 aliphatic carbocycles. The van der Waals surface area contributed by atoms with Gasteiger partial charge in [0.1, 0.15) is 5.75 Å². The monoisotopic (exact) mass is 327 g/mol. The van der Waals surface area contributed by atoms with Crippen molar-refractivity contribution in [2.24, 2.45) is 5.10 Å². The number of phenolic OH excluding ortho intramolecular Hbond substituents is 1. The number of nitro benzene ring substituents is 1. The minimum absolute atomic E-state index is 0.00502. The maximum absolute atomic E-state index is 11.7. The molecule has 0 aliphatic heterocycles. The van der Waals surface area contributed by atoms with E-state index in [2.05, 4.69) is 10.5 Å². The van der Waals surface area contributed by atoms with E-state index in [9.17, 15) is 20.0 Å². The van der Waals surface area contributed by atoms with Gasteiger partial charge < -0.3 is 5.11 Å². The molecule has 2 aromatic rings. The number of non-ortho nitro benzene ring substituents is 1. The Morgan fingerprint density at radius 1 is 1.17 bits per heavy atom. The van der Waals surface area contributed by atoms with Gasteiger partial charge in [-0.3, -0.25) is 14.9 Å². The number of amides is 1. The molecule has 0 aromatic heterocycles. The van der Waals surface area contributed by atoms with Gasteiger partial charge >= 0.3 is 0 Å². The molecule has 0 aliphatic rings. The molecule has 0 heterocycles. The van der Waals surface area contributed by atoms with E-state index in [0.29, 0.717) is 18.4 Å². The topological polar surface area (TPSA) is 105 Å². The van der Waals surface area contributed by atoms with Crippen molar-refractivity contribution >= 4 is 17.8 Å². The summed E-state index contributed by atoms with van der Waals surface area (Å²) in [7, 11) is 0. The zero-order valence-electron chi connectivity index (χ0n) is 12.9. The molecule has 24 heavy (non-hydrogen) atoms. The van der Waals surface area contributed by atoms with Crippen molar-refractivity contribution < 1.29 is 14.8 Å². The molecule has 0 atom stereocenters. The molecule has 2 N–H and O–H groups in total. The van der Waals surface area contributed by atoms with Crippen LogP contribution in [0.5, 0.6) is 5.75 Å². The summed E-state index contributed by atoms with van der Waals surface area (Å²) in [5.41, 5.74) is 4.13. The number of nitro groups is 1. The van der Waals surface area contributed by atoms with Crippen molar-refractivity contribution in [1.29, 1.82) is 0 Å². The summed E-state index contributed by atoms with van der Waals surface area (Å²) in [5, 5.41) is 23.6. The fourth-order valence-electron chi connectivity index (χ4n) is 2.03. The second-order valence-corrected chi connectivity index (χ2v) is 5.16. The van der Waals surface area contributed by atoms with Gasteiger partial charge in [-0.25, -0.2) is 5.43 Å². The molecule has 2 rings (SSSR count). The third-order valence-corrected chi connectivity index (χ3v) is 3.31. The molecule has 124 valence electrons. The lowest BCUT2D eigenvalue weighted by molar-refractivity contribution is -0.384. The Balaban J connectivity index is 1.72. The molecular formula is C17H17N3O4. The zero-order chi connectivity index (χ0) is 17.4. The van der Waals surface area contributed by atoms with Crippen molar-refractivity contribution in [2.45, 2.75) is 19.3 Å². The highest BCUT2D eigenvalue weighted by atomic mass is 16.6. The van der Waals surface area contributed by atoms with Crippen LogP contribution in [0.3, 0.4) is 0 Å². The zero-order valence-corrected chi connectivity index (χ0v) is 12.9. The first kappa shape index (κ1) is 17.1. The standard InChI is InChI=1S/C17H17N3O4/c21-16-10-6-13(7-11-16)2-1-3-17(22)19-18-12-14-4-8-15(9-5-14)20(23)24/h4-12,21H,1-3H2,(H,19,22)/b18-12-. The molecule has 0 radical (unpaired) electrons. The highest BCUT2D eigenvalue weighted by Gasteiger charge is 2.03. The Hall–Kier alpha value is -3.22. The van der Waals surface area contributed by atoms with E-state index in [1.165, 1.54) is 18.3 Å². The first-order valence-corrected chi connectivity index (χ1v) is 7.39. The number of carbonyl (C=O) groups is 1. The number of nitrogens with zero attached hydrogens (tertiary/aromatic N) is 2. The lowest BCUT2D eigenvalue weighted by Gasteiger charge is -2.02. The first-order valence-electron chi connectivity index (χ1n) is 7.39. The molecule has 0 spiro atoms. The van der Waals surface area contributed by atoms with Crippen molar-refractivity contribution in [3.05, 3.63) is 69.8 Å². The summed E-state index contributed by atoms with van der Waals surface area (Å²) < 4.78 is 0. The van der Waals surface area contributed by atoms with E-state index in [0.717, 1.165) is 12.0 Å². The number of hydrogen-bond acceptors (Lipinski definition) is 5. The molecule has 0 saturated carbocycles. The lowest BCUT2D eigenvalue weighted by Crippen LogP contribution is -2.17. The van der Waals surface area contributed by atoms with Gasteiger partial charge in [0.05, 0.1) is 11.1 Å². The summed E-state index contributed by atoms with van der Waals surface area (Å²) in [6, 6.07) is 12.7. The molecule has 0 saturated heterocycles. The fourth-order valence-corrected chi connectivity index (χ4v) is 2.03. The third-order valence-electron chi connectivity index (χ3n) is 3.31. The quantitative estimate of drug-likeness (QED) is 0.463.